The third kappa shape index (κ3) is 2.20. The number of nitrogens with zero attached hydrogens (tertiary/aromatic N) is 2. The fourth-order valence-electron chi connectivity index (χ4n) is 1.43. The third-order valence-electron chi connectivity index (χ3n) is 2.27. The highest BCUT2D eigenvalue weighted by Gasteiger charge is 2.41. The molecule has 0 atom stereocenters. The van der Waals surface area contributed by atoms with Crippen LogP contribution in [0.4, 0.5) is 19.0 Å². The number of Topliss-reactive ketones (excluding diaryl/α,β-unsaturated/α-hetero) is 1. The van der Waals surface area contributed by atoms with Crippen LogP contribution in [0.25, 0.3) is 5.69 Å². The number of para-hydroxylation sites is 1. The van der Waals surface area contributed by atoms with Gasteiger partial charge in [0, 0.05) is 6.20 Å². The number of ketones is 1. The zero-order valence-electron chi connectivity index (χ0n) is 8.98. The second-order valence-corrected chi connectivity index (χ2v) is 3.54. The van der Waals surface area contributed by atoms with Gasteiger partial charge in [-0.05, 0) is 12.1 Å². The number of anilines is 1. The molecule has 1 heterocycles. The third-order valence-corrected chi connectivity index (χ3v) is 2.27. The molecule has 0 aliphatic carbocycles. The smallest absolute Gasteiger partial charge is 0.382 e. The van der Waals surface area contributed by atoms with E-state index in [9.17, 15) is 18.0 Å². The van der Waals surface area contributed by atoms with Crippen molar-refractivity contribution in [2.45, 2.75) is 6.18 Å². The Bertz CT molecular complexity index is 575. The van der Waals surface area contributed by atoms with Crippen LogP contribution >= 0.6 is 0 Å². The van der Waals surface area contributed by atoms with Gasteiger partial charge in [0.2, 0.25) is 0 Å². The SMILES string of the molecule is Nc1nn(-c2ccccc2)cc1C(=O)C(F)(F)F. The molecule has 0 bridgehead atoms. The highest BCUT2D eigenvalue weighted by Crippen LogP contribution is 2.25. The minimum Gasteiger partial charge on any atom is -0.382 e. The number of hydrogen-bond acceptors (Lipinski definition) is 3. The average molecular weight is 255 g/mol. The van der Waals surface area contributed by atoms with Crippen molar-refractivity contribution in [1.29, 1.82) is 0 Å². The van der Waals surface area contributed by atoms with Gasteiger partial charge in [0.05, 0.1) is 11.3 Å². The van der Waals surface area contributed by atoms with Gasteiger partial charge in [-0.15, -0.1) is 5.10 Å². The van der Waals surface area contributed by atoms with E-state index < -0.39 is 23.3 Å². The number of nitrogen functional groups attached to an aromatic ring is 1. The molecule has 0 radical (unpaired) electrons. The van der Waals surface area contributed by atoms with Gasteiger partial charge in [0.15, 0.2) is 5.82 Å². The summed E-state index contributed by atoms with van der Waals surface area (Å²) in [6.45, 7) is 0. The summed E-state index contributed by atoms with van der Waals surface area (Å²) in [6.07, 6.45) is -3.99. The molecule has 0 amide bonds. The summed E-state index contributed by atoms with van der Waals surface area (Å²) in [5.41, 5.74) is 5.20. The quantitative estimate of drug-likeness (QED) is 0.837. The van der Waals surface area contributed by atoms with Crippen LogP contribution in [0.2, 0.25) is 0 Å². The maximum atomic E-state index is 12.3. The van der Waals surface area contributed by atoms with E-state index in [4.69, 9.17) is 5.73 Å². The molecule has 0 aliphatic rings. The van der Waals surface area contributed by atoms with Crippen molar-refractivity contribution in [2.24, 2.45) is 0 Å². The van der Waals surface area contributed by atoms with Gasteiger partial charge in [-0.2, -0.15) is 13.2 Å². The first-order valence-corrected chi connectivity index (χ1v) is 4.91. The summed E-state index contributed by atoms with van der Waals surface area (Å²) in [5, 5.41) is 3.69. The largest absolute Gasteiger partial charge is 0.455 e. The fraction of sp³-hybridized carbons (Fsp3) is 0.0909. The van der Waals surface area contributed by atoms with Gasteiger partial charge in [-0.3, -0.25) is 4.79 Å². The molecule has 0 saturated heterocycles. The van der Waals surface area contributed by atoms with Crippen LogP contribution in [0.15, 0.2) is 36.5 Å². The number of rotatable bonds is 2. The molecule has 0 spiro atoms. The molecule has 94 valence electrons. The van der Waals surface area contributed by atoms with E-state index in [2.05, 4.69) is 5.10 Å². The maximum absolute atomic E-state index is 12.3. The number of benzene rings is 1. The lowest BCUT2D eigenvalue weighted by Gasteiger charge is -2.02. The van der Waals surface area contributed by atoms with E-state index in [0.717, 1.165) is 10.9 Å². The van der Waals surface area contributed by atoms with Gasteiger partial charge in [-0.25, -0.2) is 4.68 Å². The van der Waals surface area contributed by atoms with Crippen molar-refractivity contribution in [3.63, 3.8) is 0 Å². The molecule has 0 unspecified atom stereocenters. The average Bonchev–Trinajstić information content (AvgIpc) is 2.70. The molecule has 0 saturated carbocycles. The number of nitrogens with two attached hydrogens (primary N) is 1. The van der Waals surface area contributed by atoms with E-state index in [1.54, 1.807) is 30.3 Å². The monoisotopic (exact) mass is 255 g/mol. The van der Waals surface area contributed by atoms with Crippen molar-refractivity contribution in [2.75, 3.05) is 5.73 Å². The number of halogens is 3. The minimum absolute atomic E-state index is 0.443. The standard InChI is InChI=1S/C11H8F3N3O/c12-11(13,14)9(18)8-6-17(16-10(8)15)7-4-2-1-3-5-7/h1-6H,(H2,15,16). The predicted octanol–water partition coefficient (Wildman–Crippen LogP) is 2.20. The fourth-order valence-corrected chi connectivity index (χ4v) is 1.43. The van der Waals surface area contributed by atoms with Crippen molar-refractivity contribution >= 4 is 11.6 Å². The Morgan fingerprint density at radius 2 is 1.83 bits per heavy atom. The highest BCUT2D eigenvalue weighted by molar-refractivity contribution is 6.03. The van der Waals surface area contributed by atoms with Gasteiger partial charge in [0.25, 0.3) is 5.78 Å². The second kappa shape index (κ2) is 4.17. The molecular formula is C11H8F3N3O. The highest BCUT2D eigenvalue weighted by atomic mass is 19.4. The van der Waals surface area contributed by atoms with Crippen LogP contribution < -0.4 is 5.73 Å². The van der Waals surface area contributed by atoms with Crippen molar-refractivity contribution in [3.8, 4) is 5.69 Å². The Balaban J connectivity index is 2.43. The van der Waals surface area contributed by atoms with Gasteiger partial charge < -0.3 is 5.73 Å². The second-order valence-electron chi connectivity index (χ2n) is 3.54. The Morgan fingerprint density at radius 1 is 1.22 bits per heavy atom. The number of carbonyl (C=O) groups is 1. The van der Waals surface area contributed by atoms with Crippen LogP contribution in [0.3, 0.4) is 0 Å². The van der Waals surface area contributed by atoms with E-state index in [-0.39, 0.29) is 0 Å². The van der Waals surface area contributed by atoms with E-state index in [0.29, 0.717) is 5.69 Å². The molecule has 7 heteroatoms. The topological polar surface area (TPSA) is 60.9 Å². The molecule has 4 nitrogen and oxygen atoms in total. The van der Waals surface area contributed by atoms with Gasteiger partial charge >= 0.3 is 6.18 Å². The van der Waals surface area contributed by atoms with Crippen molar-refractivity contribution in [3.05, 3.63) is 42.1 Å². The molecule has 2 N–H and O–H groups in total. The van der Waals surface area contributed by atoms with Crippen molar-refractivity contribution < 1.29 is 18.0 Å². The molecule has 1 aromatic carbocycles. The van der Waals surface area contributed by atoms with Crippen LogP contribution in [0, 0.1) is 0 Å². The molecular weight excluding hydrogens is 247 g/mol. The van der Waals surface area contributed by atoms with Gasteiger partial charge in [-0.1, -0.05) is 18.2 Å². The first kappa shape index (κ1) is 12.2. The van der Waals surface area contributed by atoms with E-state index >= 15 is 0 Å². The molecule has 1 aromatic heterocycles. The number of alkyl halides is 3. The van der Waals surface area contributed by atoms with Gasteiger partial charge in [0.1, 0.15) is 0 Å². The lowest BCUT2D eigenvalue weighted by molar-refractivity contribution is -0.0884. The Morgan fingerprint density at radius 3 is 2.39 bits per heavy atom. The molecule has 2 aromatic rings. The zero-order valence-corrected chi connectivity index (χ0v) is 8.98. The first-order valence-electron chi connectivity index (χ1n) is 4.91. The normalized spacial score (nSPS) is 11.5. The summed E-state index contributed by atoms with van der Waals surface area (Å²) in [4.78, 5) is 11.1. The molecule has 18 heavy (non-hydrogen) atoms. The molecule has 0 fully saturated rings. The van der Waals surface area contributed by atoms with Crippen LogP contribution in [-0.2, 0) is 0 Å². The number of hydrogen-bond donors (Lipinski definition) is 1. The number of carbonyl (C=O) groups excluding carboxylic acids is 1. The Hall–Kier alpha value is -2.31. The predicted molar refractivity (Wildman–Crippen MR) is 58.4 cm³/mol. The van der Waals surface area contributed by atoms with Crippen molar-refractivity contribution in [1.82, 2.24) is 9.78 Å². The zero-order chi connectivity index (χ0) is 13.3. The molecule has 0 aliphatic heterocycles. The Labute approximate surface area is 99.8 Å². The summed E-state index contributed by atoms with van der Waals surface area (Å²) in [7, 11) is 0. The summed E-state index contributed by atoms with van der Waals surface area (Å²) >= 11 is 0. The van der Waals surface area contributed by atoms with E-state index in [1.807, 2.05) is 0 Å². The minimum atomic E-state index is -4.96. The lowest BCUT2D eigenvalue weighted by Crippen LogP contribution is -2.23. The Kier molecular flexibility index (Phi) is 2.82. The summed E-state index contributed by atoms with van der Waals surface area (Å²) < 4.78 is 38.0. The van der Waals surface area contributed by atoms with Crippen LogP contribution in [0.5, 0.6) is 0 Å². The lowest BCUT2D eigenvalue weighted by atomic mass is 10.2. The summed E-state index contributed by atoms with van der Waals surface area (Å²) in [5.74, 6) is -2.44. The number of aromatic nitrogens is 2. The first-order chi connectivity index (χ1) is 8.39. The summed E-state index contributed by atoms with van der Waals surface area (Å²) in [6, 6.07) is 8.40. The maximum Gasteiger partial charge on any atom is 0.455 e. The van der Waals surface area contributed by atoms with Crippen LogP contribution in [-0.4, -0.2) is 21.7 Å². The van der Waals surface area contributed by atoms with Crippen LogP contribution in [0.1, 0.15) is 10.4 Å². The molecule has 2 rings (SSSR count). The van der Waals surface area contributed by atoms with E-state index in [1.165, 1.54) is 0 Å².